The minimum atomic E-state index is -0.599. The number of fused-ring (bicyclic) bond motifs is 1. The van der Waals surface area contributed by atoms with E-state index in [-0.39, 0.29) is 17.9 Å². The first kappa shape index (κ1) is 19.5. The van der Waals surface area contributed by atoms with Gasteiger partial charge in [0.05, 0.1) is 6.04 Å². The summed E-state index contributed by atoms with van der Waals surface area (Å²) in [6.07, 6.45) is 3.18. The molecule has 150 valence electrons. The molecular formula is C23H24ClN3O2. The van der Waals surface area contributed by atoms with Crippen LogP contribution in [0.2, 0.25) is 5.02 Å². The topological polar surface area (TPSA) is 65.2 Å². The Labute approximate surface area is 175 Å². The molecule has 2 aromatic carbocycles. The SMILES string of the molecule is CC(c1ccccc1)N1CCC(C(=O)NCCc2c[nH]c3ccc(Cl)cc23)C1=O. The molecule has 1 aliphatic rings. The maximum absolute atomic E-state index is 12.8. The molecule has 2 heterocycles. The molecule has 0 spiro atoms. The first-order valence-corrected chi connectivity index (χ1v) is 10.3. The van der Waals surface area contributed by atoms with Crippen LogP contribution in [0.4, 0.5) is 0 Å². The zero-order valence-electron chi connectivity index (χ0n) is 16.3. The Morgan fingerprint density at radius 1 is 1.28 bits per heavy atom. The summed E-state index contributed by atoms with van der Waals surface area (Å²) in [4.78, 5) is 30.5. The molecule has 5 nitrogen and oxygen atoms in total. The number of rotatable bonds is 6. The van der Waals surface area contributed by atoms with E-state index in [1.54, 1.807) is 4.90 Å². The van der Waals surface area contributed by atoms with Gasteiger partial charge in [0.1, 0.15) is 5.92 Å². The zero-order valence-corrected chi connectivity index (χ0v) is 17.1. The average Bonchev–Trinajstić information content (AvgIpc) is 3.31. The highest BCUT2D eigenvalue weighted by molar-refractivity contribution is 6.31. The summed E-state index contributed by atoms with van der Waals surface area (Å²) in [5, 5.41) is 4.69. The molecule has 0 aliphatic carbocycles. The molecule has 1 saturated heterocycles. The molecule has 2 amide bonds. The number of carbonyl (C=O) groups is 2. The quantitative estimate of drug-likeness (QED) is 0.602. The fraction of sp³-hybridized carbons (Fsp3) is 0.304. The number of hydrogen-bond acceptors (Lipinski definition) is 2. The van der Waals surface area contributed by atoms with E-state index < -0.39 is 5.92 Å². The summed E-state index contributed by atoms with van der Waals surface area (Å²) in [5.74, 6) is -0.869. The third-order valence-electron chi connectivity index (χ3n) is 5.73. The number of halogens is 1. The van der Waals surface area contributed by atoms with E-state index in [9.17, 15) is 9.59 Å². The van der Waals surface area contributed by atoms with Crippen molar-refractivity contribution in [1.82, 2.24) is 15.2 Å². The predicted octanol–water partition coefficient (Wildman–Crippen LogP) is 4.09. The van der Waals surface area contributed by atoms with E-state index in [4.69, 9.17) is 11.6 Å². The number of aromatic amines is 1. The molecule has 1 aliphatic heterocycles. The number of amides is 2. The lowest BCUT2D eigenvalue weighted by Gasteiger charge is -2.25. The van der Waals surface area contributed by atoms with E-state index in [2.05, 4.69) is 10.3 Å². The Balaban J connectivity index is 1.34. The van der Waals surface area contributed by atoms with Gasteiger partial charge >= 0.3 is 0 Å². The summed E-state index contributed by atoms with van der Waals surface area (Å²) in [7, 11) is 0. The first-order chi connectivity index (χ1) is 14.0. The minimum Gasteiger partial charge on any atom is -0.361 e. The van der Waals surface area contributed by atoms with E-state index >= 15 is 0 Å². The van der Waals surface area contributed by atoms with Crippen molar-refractivity contribution < 1.29 is 9.59 Å². The van der Waals surface area contributed by atoms with Crippen LogP contribution < -0.4 is 5.32 Å². The number of likely N-dealkylation sites (tertiary alicyclic amines) is 1. The molecule has 2 N–H and O–H groups in total. The monoisotopic (exact) mass is 409 g/mol. The lowest BCUT2D eigenvalue weighted by molar-refractivity contribution is -0.138. The largest absolute Gasteiger partial charge is 0.361 e. The van der Waals surface area contributed by atoms with Crippen LogP contribution >= 0.6 is 11.6 Å². The van der Waals surface area contributed by atoms with Crippen LogP contribution in [0.25, 0.3) is 10.9 Å². The molecule has 0 radical (unpaired) electrons. The average molecular weight is 410 g/mol. The van der Waals surface area contributed by atoms with Gasteiger partial charge in [-0.25, -0.2) is 0 Å². The Kier molecular flexibility index (Phi) is 5.58. The molecule has 4 rings (SSSR count). The number of hydrogen-bond donors (Lipinski definition) is 2. The highest BCUT2D eigenvalue weighted by atomic mass is 35.5. The molecule has 0 saturated carbocycles. The van der Waals surface area contributed by atoms with Crippen LogP contribution in [0.5, 0.6) is 0 Å². The predicted molar refractivity (Wildman–Crippen MR) is 115 cm³/mol. The summed E-state index contributed by atoms with van der Waals surface area (Å²) >= 11 is 6.09. The fourth-order valence-corrected chi connectivity index (χ4v) is 4.21. The Bertz CT molecular complexity index is 1030. The molecular weight excluding hydrogens is 386 g/mol. The first-order valence-electron chi connectivity index (χ1n) is 9.93. The Hall–Kier alpha value is -2.79. The third kappa shape index (κ3) is 4.01. The van der Waals surface area contributed by atoms with Gasteiger partial charge in [-0.05, 0) is 49.1 Å². The standard InChI is InChI=1S/C23H24ClN3O2/c1-15(16-5-3-2-4-6-16)27-12-10-19(23(27)29)22(28)25-11-9-17-14-26-21-8-7-18(24)13-20(17)21/h2-8,13-15,19,26H,9-12H2,1H3,(H,25,28). The van der Waals surface area contributed by atoms with Gasteiger partial charge in [0.2, 0.25) is 11.8 Å². The molecule has 29 heavy (non-hydrogen) atoms. The highest BCUT2D eigenvalue weighted by Gasteiger charge is 2.39. The summed E-state index contributed by atoms with van der Waals surface area (Å²) in [6.45, 7) is 3.10. The van der Waals surface area contributed by atoms with Gasteiger partial charge < -0.3 is 15.2 Å². The van der Waals surface area contributed by atoms with Gasteiger partial charge in [-0.1, -0.05) is 41.9 Å². The number of benzene rings is 2. The minimum absolute atomic E-state index is 0.0301. The molecule has 3 aromatic rings. The second kappa shape index (κ2) is 8.29. The highest BCUT2D eigenvalue weighted by Crippen LogP contribution is 2.28. The number of nitrogens with one attached hydrogen (secondary N) is 2. The number of aromatic nitrogens is 1. The van der Waals surface area contributed by atoms with E-state index in [1.165, 1.54) is 0 Å². The lowest BCUT2D eigenvalue weighted by Crippen LogP contribution is -2.38. The molecule has 1 fully saturated rings. The maximum atomic E-state index is 12.8. The van der Waals surface area contributed by atoms with Gasteiger partial charge in [0.15, 0.2) is 0 Å². The van der Waals surface area contributed by atoms with Crippen molar-refractivity contribution in [2.75, 3.05) is 13.1 Å². The van der Waals surface area contributed by atoms with Crippen LogP contribution in [-0.2, 0) is 16.0 Å². The summed E-state index contributed by atoms with van der Waals surface area (Å²) in [6, 6.07) is 15.6. The van der Waals surface area contributed by atoms with Crippen LogP contribution in [0.3, 0.4) is 0 Å². The zero-order chi connectivity index (χ0) is 20.4. The van der Waals surface area contributed by atoms with Crippen molar-refractivity contribution in [3.63, 3.8) is 0 Å². The van der Waals surface area contributed by atoms with Crippen molar-refractivity contribution in [2.24, 2.45) is 5.92 Å². The lowest BCUT2D eigenvalue weighted by atomic mass is 10.1. The molecule has 1 aromatic heterocycles. The number of H-pyrrole nitrogens is 1. The maximum Gasteiger partial charge on any atom is 0.235 e. The van der Waals surface area contributed by atoms with Gasteiger partial charge in [-0.3, -0.25) is 9.59 Å². The Morgan fingerprint density at radius 3 is 2.86 bits per heavy atom. The van der Waals surface area contributed by atoms with E-state index in [1.807, 2.05) is 61.7 Å². The molecule has 2 unspecified atom stereocenters. The van der Waals surface area contributed by atoms with E-state index in [0.717, 1.165) is 22.0 Å². The Morgan fingerprint density at radius 2 is 2.07 bits per heavy atom. The smallest absolute Gasteiger partial charge is 0.235 e. The van der Waals surface area contributed by atoms with Crippen LogP contribution in [-0.4, -0.2) is 34.8 Å². The molecule has 2 atom stereocenters. The van der Waals surface area contributed by atoms with Gasteiger partial charge in [0.25, 0.3) is 0 Å². The van der Waals surface area contributed by atoms with Crippen molar-refractivity contribution in [1.29, 1.82) is 0 Å². The van der Waals surface area contributed by atoms with Crippen molar-refractivity contribution in [3.8, 4) is 0 Å². The second-order valence-electron chi connectivity index (χ2n) is 7.50. The summed E-state index contributed by atoms with van der Waals surface area (Å²) < 4.78 is 0. The van der Waals surface area contributed by atoms with Crippen LogP contribution in [0.1, 0.15) is 30.5 Å². The van der Waals surface area contributed by atoms with Gasteiger partial charge in [-0.2, -0.15) is 0 Å². The van der Waals surface area contributed by atoms with Crippen LogP contribution in [0, 0.1) is 5.92 Å². The van der Waals surface area contributed by atoms with Crippen molar-refractivity contribution in [3.05, 3.63) is 70.9 Å². The van der Waals surface area contributed by atoms with Crippen molar-refractivity contribution in [2.45, 2.75) is 25.8 Å². The normalized spacial score (nSPS) is 17.7. The second-order valence-corrected chi connectivity index (χ2v) is 7.94. The fourth-order valence-electron chi connectivity index (χ4n) is 4.04. The van der Waals surface area contributed by atoms with E-state index in [0.29, 0.717) is 31.0 Å². The van der Waals surface area contributed by atoms with Gasteiger partial charge in [0, 0.05) is 35.2 Å². The van der Waals surface area contributed by atoms with Crippen LogP contribution in [0.15, 0.2) is 54.7 Å². The third-order valence-corrected chi connectivity index (χ3v) is 5.96. The van der Waals surface area contributed by atoms with Crippen molar-refractivity contribution >= 4 is 34.3 Å². The number of nitrogens with zero attached hydrogens (tertiary/aromatic N) is 1. The molecule has 0 bridgehead atoms. The summed E-state index contributed by atoms with van der Waals surface area (Å²) in [5.41, 5.74) is 3.20. The van der Waals surface area contributed by atoms with Gasteiger partial charge in [-0.15, -0.1) is 0 Å². The number of carbonyl (C=O) groups excluding carboxylic acids is 2. The molecule has 6 heteroatoms.